The Morgan fingerprint density at radius 3 is 2.58 bits per heavy atom. The van der Waals surface area contributed by atoms with Gasteiger partial charge in [0, 0.05) is 17.7 Å². The SMILES string of the molecule is CCOc1ccc(-c2nnc3n2N[C@@H](c2ccc([NH+]([O-])O)cc2)S3)cc1. The summed E-state index contributed by atoms with van der Waals surface area (Å²) in [5, 5.41) is 28.3. The van der Waals surface area contributed by atoms with Crippen molar-refractivity contribution in [2.75, 3.05) is 12.0 Å². The number of nitrogens with one attached hydrogen (secondary N) is 2. The van der Waals surface area contributed by atoms with Gasteiger partial charge >= 0.3 is 0 Å². The van der Waals surface area contributed by atoms with E-state index >= 15 is 0 Å². The Bertz CT molecular complexity index is 896. The van der Waals surface area contributed by atoms with Crippen LogP contribution in [0.5, 0.6) is 5.75 Å². The lowest BCUT2D eigenvalue weighted by atomic mass is 10.2. The fraction of sp³-hybridized carbons (Fsp3) is 0.176. The zero-order valence-corrected chi connectivity index (χ0v) is 14.7. The molecule has 1 aliphatic rings. The first kappa shape index (κ1) is 16.9. The summed E-state index contributed by atoms with van der Waals surface area (Å²) >= 11 is 1.54. The van der Waals surface area contributed by atoms with E-state index < -0.39 is 5.23 Å². The van der Waals surface area contributed by atoms with Crippen LogP contribution in [-0.4, -0.2) is 26.7 Å². The minimum atomic E-state index is -0.932. The summed E-state index contributed by atoms with van der Waals surface area (Å²) in [4.78, 5) is 0. The number of quaternary nitrogens is 1. The van der Waals surface area contributed by atoms with E-state index in [1.54, 1.807) is 12.1 Å². The van der Waals surface area contributed by atoms with Gasteiger partial charge in [0.2, 0.25) is 5.16 Å². The molecular formula is C17H17N5O3S. The molecule has 134 valence electrons. The highest BCUT2D eigenvalue weighted by molar-refractivity contribution is 7.99. The molecule has 3 aromatic rings. The molecule has 2 aromatic carbocycles. The molecule has 1 aromatic heterocycles. The highest BCUT2D eigenvalue weighted by Gasteiger charge is 2.28. The summed E-state index contributed by atoms with van der Waals surface area (Å²) in [7, 11) is 0. The van der Waals surface area contributed by atoms with Gasteiger partial charge in [0.1, 0.15) is 11.1 Å². The average molecular weight is 371 g/mol. The monoisotopic (exact) mass is 371 g/mol. The van der Waals surface area contributed by atoms with E-state index in [4.69, 9.17) is 9.94 Å². The van der Waals surface area contributed by atoms with Gasteiger partial charge in [0.25, 0.3) is 0 Å². The largest absolute Gasteiger partial charge is 0.595 e. The summed E-state index contributed by atoms with van der Waals surface area (Å²) < 4.78 is 7.33. The lowest BCUT2D eigenvalue weighted by Gasteiger charge is -2.14. The summed E-state index contributed by atoms with van der Waals surface area (Å²) in [6.07, 6.45) is 0. The Morgan fingerprint density at radius 2 is 1.92 bits per heavy atom. The second kappa shape index (κ2) is 6.96. The van der Waals surface area contributed by atoms with Gasteiger partial charge in [-0.1, -0.05) is 11.8 Å². The molecule has 0 amide bonds. The van der Waals surface area contributed by atoms with Gasteiger partial charge in [0.15, 0.2) is 11.5 Å². The van der Waals surface area contributed by atoms with E-state index in [1.807, 2.05) is 48.0 Å². The van der Waals surface area contributed by atoms with Crippen LogP contribution in [0.1, 0.15) is 17.9 Å². The smallest absolute Gasteiger partial charge is 0.212 e. The standard InChI is InChI=1S/C17H17N5O3S/c1-2-25-14-9-5-11(6-10-14)15-18-19-17-21(15)20-16(26-17)12-3-7-13(8-4-12)22(23)24/h3-10,16,20,22-23H,2H2,1H3/t16-/m1/s1. The Labute approximate surface area is 153 Å². The van der Waals surface area contributed by atoms with E-state index in [0.29, 0.717) is 6.61 Å². The van der Waals surface area contributed by atoms with Crippen molar-refractivity contribution in [3.8, 4) is 17.1 Å². The predicted octanol–water partition coefficient (Wildman–Crippen LogP) is 2.10. The molecule has 0 saturated heterocycles. The van der Waals surface area contributed by atoms with Gasteiger partial charge in [-0.15, -0.1) is 10.2 Å². The van der Waals surface area contributed by atoms with E-state index in [0.717, 1.165) is 27.9 Å². The first-order valence-electron chi connectivity index (χ1n) is 8.11. The van der Waals surface area contributed by atoms with Crippen LogP contribution in [0.3, 0.4) is 0 Å². The molecule has 0 bridgehead atoms. The minimum absolute atomic E-state index is 0.0511. The Morgan fingerprint density at radius 1 is 1.19 bits per heavy atom. The van der Waals surface area contributed by atoms with Gasteiger partial charge in [-0.25, -0.2) is 9.88 Å². The Balaban J connectivity index is 1.55. The molecule has 8 nitrogen and oxygen atoms in total. The maximum absolute atomic E-state index is 11.0. The summed E-state index contributed by atoms with van der Waals surface area (Å²) in [5.41, 5.74) is 5.54. The normalized spacial score (nSPS) is 16.8. The lowest BCUT2D eigenvalue weighted by molar-refractivity contribution is -0.991. The highest BCUT2D eigenvalue weighted by Crippen LogP contribution is 2.40. The fourth-order valence-corrected chi connectivity index (χ4v) is 3.70. The van der Waals surface area contributed by atoms with Crippen LogP contribution in [0.4, 0.5) is 5.69 Å². The number of ether oxygens (including phenoxy) is 1. The molecule has 2 atom stereocenters. The maximum atomic E-state index is 11.0. The van der Waals surface area contributed by atoms with Crippen molar-refractivity contribution in [1.82, 2.24) is 14.9 Å². The number of thioether (sulfide) groups is 1. The zero-order valence-electron chi connectivity index (χ0n) is 13.9. The average Bonchev–Trinajstić information content (AvgIpc) is 3.23. The van der Waals surface area contributed by atoms with Crippen LogP contribution in [0.2, 0.25) is 0 Å². The number of hydrogen-bond donors (Lipinski definition) is 3. The number of hydrogen-bond acceptors (Lipinski definition) is 7. The number of aromatic nitrogens is 3. The summed E-state index contributed by atoms with van der Waals surface area (Å²) in [6, 6.07) is 14.5. The first-order chi connectivity index (χ1) is 12.7. The molecule has 3 N–H and O–H groups in total. The quantitative estimate of drug-likeness (QED) is 0.591. The molecule has 0 radical (unpaired) electrons. The fourth-order valence-electron chi connectivity index (χ4n) is 2.71. The number of fused-ring (bicyclic) bond motifs is 1. The number of nitrogens with zero attached hydrogens (tertiary/aromatic N) is 3. The second-order valence-corrected chi connectivity index (χ2v) is 6.73. The van der Waals surface area contributed by atoms with Crippen molar-refractivity contribution in [2.45, 2.75) is 17.5 Å². The van der Waals surface area contributed by atoms with E-state index in [1.165, 1.54) is 11.8 Å². The molecule has 0 saturated carbocycles. The van der Waals surface area contributed by atoms with Gasteiger partial charge in [0.05, 0.1) is 6.61 Å². The van der Waals surface area contributed by atoms with Crippen LogP contribution >= 0.6 is 11.8 Å². The Kier molecular flexibility index (Phi) is 4.51. The molecule has 1 unspecified atom stereocenters. The Hall–Kier alpha value is -2.59. The zero-order chi connectivity index (χ0) is 18.1. The first-order valence-corrected chi connectivity index (χ1v) is 8.99. The van der Waals surface area contributed by atoms with Crippen molar-refractivity contribution in [2.24, 2.45) is 0 Å². The minimum Gasteiger partial charge on any atom is -0.595 e. The number of benzene rings is 2. The van der Waals surface area contributed by atoms with Crippen molar-refractivity contribution in [1.29, 1.82) is 0 Å². The van der Waals surface area contributed by atoms with Gasteiger partial charge in [-0.05, 0) is 48.9 Å². The van der Waals surface area contributed by atoms with E-state index in [2.05, 4.69) is 15.6 Å². The second-order valence-electron chi connectivity index (χ2n) is 5.65. The molecule has 2 heterocycles. The third-order valence-corrected chi connectivity index (χ3v) is 5.08. The van der Waals surface area contributed by atoms with Gasteiger partial charge in [-0.3, -0.25) is 0 Å². The number of rotatable bonds is 5. The molecule has 26 heavy (non-hydrogen) atoms. The summed E-state index contributed by atoms with van der Waals surface area (Å²) in [5.74, 6) is 1.54. The van der Waals surface area contributed by atoms with Crippen molar-refractivity contribution >= 4 is 17.4 Å². The van der Waals surface area contributed by atoms with Crippen molar-refractivity contribution < 1.29 is 15.2 Å². The van der Waals surface area contributed by atoms with Crippen molar-refractivity contribution in [3.05, 3.63) is 59.3 Å². The third-order valence-electron chi connectivity index (χ3n) is 3.99. The van der Waals surface area contributed by atoms with Gasteiger partial charge < -0.3 is 15.4 Å². The molecule has 0 spiro atoms. The summed E-state index contributed by atoms with van der Waals surface area (Å²) in [6.45, 7) is 2.57. The van der Waals surface area contributed by atoms with E-state index in [-0.39, 0.29) is 11.1 Å². The van der Waals surface area contributed by atoms with Crippen LogP contribution < -0.4 is 15.4 Å². The highest BCUT2D eigenvalue weighted by atomic mass is 32.2. The molecule has 0 aliphatic carbocycles. The molecule has 9 heteroatoms. The topological polar surface area (TPSA) is 99.7 Å². The third kappa shape index (κ3) is 3.13. The molecule has 0 fully saturated rings. The van der Waals surface area contributed by atoms with Gasteiger partial charge in [-0.2, -0.15) is 5.23 Å². The molecule has 1 aliphatic heterocycles. The van der Waals surface area contributed by atoms with Crippen LogP contribution in [0.15, 0.2) is 53.7 Å². The molecular weight excluding hydrogens is 354 g/mol. The predicted molar refractivity (Wildman–Crippen MR) is 96.8 cm³/mol. The van der Waals surface area contributed by atoms with Crippen molar-refractivity contribution in [3.63, 3.8) is 0 Å². The van der Waals surface area contributed by atoms with Crippen LogP contribution in [0.25, 0.3) is 11.4 Å². The maximum Gasteiger partial charge on any atom is 0.212 e. The van der Waals surface area contributed by atoms with Crippen LogP contribution in [-0.2, 0) is 0 Å². The van der Waals surface area contributed by atoms with E-state index in [9.17, 15) is 5.21 Å². The molecule has 4 rings (SSSR count). The lowest BCUT2D eigenvalue weighted by Crippen LogP contribution is -2.99. The van der Waals surface area contributed by atoms with Crippen LogP contribution in [0, 0.1) is 5.21 Å².